The summed E-state index contributed by atoms with van der Waals surface area (Å²) in [4.78, 5) is 15.2. The standard InChI is InChI=1S/C25H23F2NO2/c26-20-7-3-18(4-8-20)25(19-5-9-21(27)10-6-19)23-16-28(14-13-24(23)30)15-17-1-11-22(29)12-2-17/h1-12,23,25,29H,13-16H2. The van der Waals surface area contributed by atoms with Crippen molar-refractivity contribution in [2.45, 2.75) is 18.9 Å². The van der Waals surface area contributed by atoms with Crippen LogP contribution in [0.15, 0.2) is 72.8 Å². The molecule has 3 aromatic rings. The van der Waals surface area contributed by atoms with Crippen molar-refractivity contribution < 1.29 is 18.7 Å². The second-order valence-corrected chi connectivity index (χ2v) is 7.81. The lowest BCUT2D eigenvalue weighted by molar-refractivity contribution is -0.126. The van der Waals surface area contributed by atoms with E-state index in [0.717, 1.165) is 16.7 Å². The van der Waals surface area contributed by atoms with Crippen LogP contribution in [0.3, 0.4) is 0 Å². The fourth-order valence-electron chi connectivity index (χ4n) is 4.22. The monoisotopic (exact) mass is 407 g/mol. The summed E-state index contributed by atoms with van der Waals surface area (Å²) in [6.07, 6.45) is 0.432. The van der Waals surface area contributed by atoms with E-state index in [2.05, 4.69) is 4.90 Å². The zero-order valence-electron chi connectivity index (χ0n) is 16.5. The number of nitrogens with zero attached hydrogens (tertiary/aromatic N) is 1. The first-order chi connectivity index (χ1) is 14.5. The van der Waals surface area contributed by atoms with Gasteiger partial charge in [-0.1, -0.05) is 36.4 Å². The molecule has 30 heavy (non-hydrogen) atoms. The van der Waals surface area contributed by atoms with Crippen LogP contribution in [0.2, 0.25) is 0 Å². The van der Waals surface area contributed by atoms with Gasteiger partial charge in [0.1, 0.15) is 23.2 Å². The van der Waals surface area contributed by atoms with Crippen LogP contribution in [0.1, 0.15) is 29.0 Å². The number of carbonyl (C=O) groups excluding carboxylic acids is 1. The second-order valence-electron chi connectivity index (χ2n) is 7.81. The van der Waals surface area contributed by atoms with Gasteiger partial charge in [-0.25, -0.2) is 8.78 Å². The molecule has 1 unspecified atom stereocenters. The summed E-state index contributed by atoms with van der Waals surface area (Å²) >= 11 is 0. The SMILES string of the molecule is O=C1CCN(Cc2ccc(O)cc2)CC1C(c1ccc(F)cc1)c1ccc(F)cc1. The first-order valence-electron chi connectivity index (χ1n) is 10.0. The smallest absolute Gasteiger partial charge is 0.139 e. The highest BCUT2D eigenvalue weighted by Crippen LogP contribution is 2.36. The summed E-state index contributed by atoms with van der Waals surface area (Å²) in [5, 5.41) is 9.49. The molecule has 1 aliphatic rings. The minimum absolute atomic E-state index is 0.163. The zero-order chi connectivity index (χ0) is 21.1. The lowest BCUT2D eigenvalue weighted by Gasteiger charge is -2.36. The molecule has 0 spiro atoms. The van der Waals surface area contributed by atoms with Crippen molar-refractivity contribution in [3.63, 3.8) is 0 Å². The van der Waals surface area contributed by atoms with Crippen molar-refractivity contribution in [2.75, 3.05) is 13.1 Å². The van der Waals surface area contributed by atoms with Crippen LogP contribution in [0.25, 0.3) is 0 Å². The number of rotatable bonds is 5. The fourth-order valence-corrected chi connectivity index (χ4v) is 4.22. The summed E-state index contributed by atoms with van der Waals surface area (Å²) in [5.74, 6) is -0.872. The van der Waals surface area contributed by atoms with Gasteiger partial charge in [0.25, 0.3) is 0 Å². The quantitative estimate of drug-likeness (QED) is 0.655. The molecule has 1 fully saturated rings. The minimum Gasteiger partial charge on any atom is -0.508 e. The van der Waals surface area contributed by atoms with E-state index >= 15 is 0 Å². The second kappa shape index (κ2) is 8.76. The number of hydrogen-bond acceptors (Lipinski definition) is 3. The highest BCUT2D eigenvalue weighted by molar-refractivity contribution is 5.83. The van der Waals surface area contributed by atoms with Crippen molar-refractivity contribution in [3.8, 4) is 5.75 Å². The summed E-state index contributed by atoms with van der Waals surface area (Å²) in [7, 11) is 0. The van der Waals surface area contributed by atoms with Crippen LogP contribution in [0.4, 0.5) is 8.78 Å². The number of halogens is 2. The largest absolute Gasteiger partial charge is 0.508 e. The van der Waals surface area contributed by atoms with Gasteiger partial charge >= 0.3 is 0 Å². The molecule has 154 valence electrons. The number of ketones is 1. The lowest BCUT2D eigenvalue weighted by Crippen LogP contribution is -2.43. The maximum Gasteiger partial charge on any atom is 0.139 e. The van der Waals surface area contributed by atoms with E-state index in [1.807, 2.05) is 12.1 Å². The molecule has 3 aromatic carbocycles. The molecular weight excluding hydrogens is 384 g/mol. The Hall–Kier alpha value is -3.05. The molecule has 0 amide bonds. The predicted molar refractivity (Wildman–Crippen MR) is 111 cm³/mol. The molecule has 0 bridgehead atoms. The number of Topliss-reactive ketones (excluding diaryl/α,β-unsaturated/α-hetero) is 1. The fraction of sp³-hybridized carbons (Fsp3) is 0.240. The van der Waals surface area contributed by atoms with Gasteiger partial charge in [0, 0.05) is 37.9 Å². The van der Waals surface area contributed by atoms with Crippen molar-refractivity contribution >= 4 is 5.78 Å². The van der Waals surface area contributed by atoms with E-state index in [9.17, 15) is 18.7 Å². The Balaban J connectivity index is 1.63. The highest BCUT2D eigenvalue weighted by Gasteiger charge is 2.35. The van der Waals surface area contributed by atoms with Crippen LogP contribution >= 0.6 is 0 Å². The third kappa shape index (κ3) is 4.57. The minimum atomic E-state index is -0.333. The third-order valence-electron chi connectivity index (χ3n) is 5.75. The van der Waals surface area contributed by atoms with Crippen molar-refractivity contribution in [1.82, 2.24) is 4.90 Å². The third-order valence-corrected chi connectivity index (χ3v) is 5.75. The number of likely N-dealkylation sites (tertiary alicyclic amines) is 1. The molecular formula is C25H23F2NO2. The molecule has 3 nitrogen and oxygen atoms in total. The summed E-state index contributed by atoms with van der Waals surface area (Å²) in [6, 6.07) is 19.5. The molecule has 4 rings (SSSR count). The zero-order valence-corrected chi connectivity index (χ0v) is 16.5. The molecule has 0 saturated carbocycles. The molecule has 0 aliphatic carbocycles. The van der Waals surface area contributed by atoms with Gasteiger partial charge in [-0.05, 0) is 53.1 Å². The molecule has 0 radical (unpaired) electrons. The van der Waals surface area contributed by atoms with Gasteiger partial charge in [-0.15, -0.1) is 0 Å². The molecule has 1 atom stereocenters. The van der Waals surface area contributed by atoms with Crippen LogP contribution in [0, 0.1) is 17.6 Å². The number of phenolic OH excluding ortho intramolecular Hbond substituents is 1. The summed E-state index contributed by atoms with van der Waals surface area (Å²) in [5.41, 5.74) is 2.74. The number of phenols is 1. The van der Waals surface area contributed by atoms with E-state index < -0.39 is 0 Å². The molecule has 1 heterocycles. The van der Waals surface area contributed by atoms with E-state index in [0.29, 0.717) is 26.1 Å². The number of aromatic hydroxyl groups is 1. The predicted octanol–water partition coefficient (Wildman–Crippen LogP) is 4.89. The Kier molecular flexibility index (Phi) is 5.91. The van der Waals surface area contributed by atoms with E-state index in [1.165, 1.54) is 24.3 Å². The Morgan fingerprint density at radius 3 is 1.93 bits per heavy atom. The normalized spacial score (nSPS) is 17.4. The van der Waals surface area contributed by atoms with Gasteiger partial charge in [0.15, 0.2) is 0 Å². The maximum atomic E-state index is 13.5. The Morgan fingerprint density at radius 2 is 1.40 bits per heavy atom. The van der Waals surface area contributed by atoms with Gasteiger partial charge < -0.3 is 5.11 Å². The lowest BCUT2D eigenvalue weighted by atomic mass is 9.76. The van der Waals surface area contributed by atoms with E-state index in [-0.39, 0.29) is 35.0 Å². The van der Waals surface area contributed by atoms with Gasteiger partial charge in [-0.2, -0.15) is 0 Å². The van der Waals surface area contributed by atoms with Crippen LogP contribution < -0.4 is 0 Å². The van der Waals surface area contributed by atoms with E-state index in [1.54, 1.807) is 36.4 Å². The van der Waals surface area contributed by atoms with Crippen LogP contribution in [0.5, 0.6) is 5.75 Å². The maximum absolute atomic E-state index is 13.5. The number of benzene rings is 3. The number of carbonyl (C=O) groups is 1. The molecule has 1 aliphatic heterocycles. The van der Waals surface area contributed by atoms with Crippen molar-refractivity contribution in [1.29, 1.82) is 0 Å². The van der Waals surface area contributed by atoms with E-state index in [4.69, 9.17) is 0 Å². The summed E-state index contributed by atoms with van der Waals surface area (Å²) in [6.45, 7) is 1.89. The molecule has 1 saturated heterocycles. The topological polar surface area (TPSA) is 40.5 Å². The number of piperidine rings is 1. The van der Waals surface area contributed by atoms with Crippen LogP contribution in [-0.4, -0.2) is 28.9 Å². The van der Waals surface area contributed by atoms with Crippen molar-refractivity contribution in [2.24, 2.45) is 5.92 Å². The average molecular weight is 407 g/mol. The first-order valence-corrected chi connectivity index (χ1v) is 10.0. The number of hydrogen-bond donors (Lipinski definition) is 1. The molecule has 5 heteroatoms. The first kappa shape index (κ1) is 20.2. The van der Waals surface area contributed by atoms with Gasteiger partial charge in [0.05, 0.1) is 0 Å². The van der Waals surface area contributed by atoms with Gasteiger partial charge in [0.2, 0.25) is 0 Å². The van der Waals surface area contributed by atoms with Crippen molar-refractivity contribution in [3.05, 3.63) is 101 Å². The van der Waals surface area contributed by atoms with Crippen LogP contribution in [-0.2, 0) is 11.3 Å². The summed E-state index contributed by atoms with van der Waals surface area (Å²) < 4.78 is 27.0. The van der Waals surface area contributed by atoms with Gasteiger partial charge in [-0.3, -0.25) is 9.69 Å². The Labute approximate surface area is 174 Å². The Morgan fingerprint density at radius 1 is 0.867 bits per heavy atom. The molecule has 0 aromatic heterocycles. The average Bonchev–Trinajstić information content (AvgIpc) is 2.75. The molecule has 1 N–H and O–H groups in total. The Bertz CT molecular complexity index is 955. The highest BCUT2D eigenvalue weighted by atomic mass is 19.1.